The summed E-state index contributed by atoms with van der Waals surface area (Å²) in [6.45, 7) is 5.22. The van der Waals surface area contributed by atoms with Gasteiger partial charge >= 0.3 is 0 Å². The van der Waals surface area contributed by atoms with Crippen LogP contribution in [0.2, 0.25) is 0 Å². The first kappa shape index (κ1) is 14.7. The van der Waals surface area contributed by atoms with Gasteiger partial charge in [-0.25, -0.2) is 8.42 Å². The van der Waals surface area contributed by atoms with Gasteiger partial charge in [-0.3, -0.25) is 4.72 Å². The molecule has 1 rings (SSSR count). The first-order valence-electron chi connectivity index (χ1n) is 5.61. The fourth-order valence-corrected chi connectivity index (χ4v) is 2.24. The molecule has 0 saturated carbocycles. The molecule has 0 unspecified atom stereocenters. The summed E-state index contributed by atoms with van der Waals surface area (Å²) in [7, 11) is -3.31. The Morgan fingerprint density at radius 3 is 2.39 bits per heavy atom. The first-order valence-corrected chi connectivity index (χ1v) is 7.50. The Labute approximate surface area is 108 Å². The minimum atomic E-state index is -3.31. The number of benzene rings is 1. The molecule has 4 nitrogen and oxygen atoms in total. The lowest BCUT2D eigenvalue weighted by atomic mass is 9.92. The molecule has 0 saturated heterocycles. The molecule has 0 atom stereocenters. The van der Waals surface area contributed by atoms with Gasteiger partial charge in [0, 0.05) is 5.69 Å². The lowest BCUT2D eigenvalue weighted by Crippen LogP contribution is -2.18. The maximum absolute atomic E-state index is 11.2. The summed E-state index contributed by atoms with van der Waals surface area (Å²) in [4.78, 5) is 0. The van der Waals surface area contributed by atoms with Crippen molar-refractivity contribution in [3.05, 3.63) is 35.4 Å². The van der Waals surface area contributed by atoms with Crippen molar-refractivity contribution in [3.8, 4) is 0 Å². The molecule has 0 spiro atoms. The van der Waals surface area contributed by atoms with Crippen molar-refractivity contribution in [2.75, 3.05) is 11.0 Å². The number of sulfonamides is 1. The average Bonchev–Trinajstić information content (AvgIpc) is 2.16. The average molecular weight is 269 g/mol. The number of allylic oxidation sites excluding steroid dienone is 1. The van der Waals surface area contributed by atoms with Crippen LogP contribution in [0.4, 0.5) is 5.69 Å². The molecule has 1 aromatic carbocycles. The highest BCUT2D eigenvalue weighted by Gasteiger charge is 2.20. The van der Waals surface area contributed by atoms with Crippen molar-refractivity contribution in [2.45, 2.75) is 26.4 Å². The lowest BCUT2D eigenvalue weighted by molar-refractivity contribution is 0.0784. The van der Waals surface area contributed by atoms with Crippen molar-refractivity contribution < 1.29 is 13.5 Å². The number of nitrogens with one attached hydrogen (secondary N) is 1. The van der Waals surface area contributed by atoms with E-state index in [1.165, 1.54) is 0 Å². The van der Waals surface area contributed by atoms with Gasteiger partial charge in [0.05, 0.1) is 11.9 Å². The van der Waals surface area contributed by atoms with Crippen LogP contribution in [0.3, 0.4) is 0 Å². The fraction of sp³-hybridized carbons (Fsp3) is 0.385. The highest BCUT2D eigenvalue weighted by atomic mass is 32.2. The third kappa shape index (κ3) is 4.16. The number of anilines is 1. The van der Waals surface area contributed by atoms with Crippen LogP contribution >= 0.6 is 0 Å². The highest BCUT2D eigenvalue weighted by molar-refractivity contribution is 7.92. The third-order valence-corrected chi connectivity index (χ3v) is 2.97. The second-order valence-electron chi connectivity index (χ2n) is 4.74. The summed E-state index contributed by atoms with van der Waals surface area (Å²) < 4.78 is 24.8. The van der Waals surface area contributed by atoms with Crippen molar-refractivity contribution in [1.82, 2.24) is 0 Å². The molecule has 0 aliphatic rings. The molecule has 0 aliphatic carbocycles. The topological polar surface area (TPSA) is 66.4 Å². The first-order chi connectivity index (χ1) is 8.13. The van der Waals surface area contributed by atoms with Gasteiger partial charge in [-0.15, -0.1) is 0 Å². The number of hydrogen-bond donors (Lipinski definition) is 2. The van der Waals surface area contributed by atoms with Crippen molar-refractivity contribution in [3.63, 3.8) is 0 Å². The van der Waals surface area contributed by atoms with Gasteiger partial charge in [0.1, 0.15) is 0 Å². The second kappa shape index (κ2) is 5.12. The largest absolute Gasteiger partial charge is 0.386 e. The Hall–Kier alpha value is -1.33. The number of rotatable bonds is 4. The van der Waals surface area contributed by atoms with Crippen molar-refractivity contribution in [1.29, 1.82) is 0 Å². The fourth-order valence-electron chi connectivity index (χ4n) is 1.69. The second-order valence-corrected chi connectivity index (χ2v) is 6.48. The summed E-state index contributed by atoms with van der Waals surface area (Å²) in [5.74, 6) is 0. The predicted molar refractivity (Wildman–Crippen MR) is 74.9 cm³/mol. The SMILES string of the molecule is C/C=C/c1ccc(NS(C)(=O)=O)cc1C(C)(C)O. The molecule has 1 aromatic rings. The van der Waals surface area contributed by atoms with E-state index in [0.717, 1.165) is 11.8 Å². The summed E-state index contributed by atoms with van der Waals surface area (Å²) in [6.07, 6.45) is 4.84. The number of hydrogen-bond acceptors (Lipinski definition) is 3. The molecule has 0 radical (unpaired) electrons. The van der Waals surface area contributed by atoms with Crippen molar-refractivity contribution in [2.24, 2.45) is 0 Å². The molecule has 100 valence electrons. The van der Waals surface area contributed by atoms with Gasteiger partial charge in [0.25, 0.3) is 0 Å². The minimum absolute atomic E-state index is 0.447. The van der Waals surface area contributed by atoms with Gasteiger partial charge in [-0.2, -0.15) is 0 Å². The van der Waals surface area contributed by atoms with E-state index in [1.54, 1.807) is 32.0 Å². The van der Waals surface area contributed by atoms with Gasteiger partial charge < -0.3 is 5.11 Å². The molecule has 2 N–H and O–H groups in total. The molecule has 0 heterocycles. The zero-order valence-electron chi connectivity index (χ0n) is 11.1. The van der Waals surface area contributed by atoms with Gasteiger partial charge in [-0.1, -0.05) is 18.2 Å². The van der Waals surface area contributed by atoms with Crippen LogP contribution < -0.4 is 4.72 Å². The van der Waals surface area contributed by atoms with E-state index in [0.29, 0.717) is 11.3 Å². The normalized spacial score (nSPS) is 12.9. The van der Waals surface area contributed by atoms with Crippen LogP contribution in [0.15, 0.2) is 24.3 Å². The van der Waals surface area contributed by atoms with Crippen LogP contribution in [0.5, 0.6) is 0 Å². The van der Waals surface area contributed by atoms with E-state index in [9.17, 15) is 13.5 Å². The van der Waals surface area contributed by atoms with E-state index in [-0.39, 0.29) is 0 Å². The summed E-state index contributed by atoms with van der Waals surface area (Å²) in [6, 6.07) is 5.10. The Balaban J connectivity index is 3.30. The van der Waals surface area contributed by atoms with Crippen LogP contribution in [-0.4, -0.2) is 19.8 Å². The van der Waals surface area contributed by atoms with E-state index in [1.807, 2.05) is 19.1 Å². The number of aliphatic hydroxyl groups is 1. The molecular weight excluding hydrogens is 250 g/mol. The van der Waals surface area contributed by atoms with E-state index in [2.05, 4.69) is 4.72 Å². The zero-order valence-corrected chi connectivity index (χ0v) is 11.9. The monoisotopic (exact) mass is 269 g/mol. The molecular formula is C13H19NO3S. The van der Waals surface area contributed by atoms with E-state index in [4.69, 9.17) is 0 Å². The standard InChI is InChI=1S/C13H19NO3S/c1-5-6-10-7-8-11(14-18(4,16)17)9-12(10)13(2,3)15/h5-9,14-15H,1-4H3/b6-5+. The summed E-state index contributed by atoms with van der Waals surface area (Å²) in [5, 5.41) is 10.1. The zero-order chi connectivity index (χ0) is 14.0. The Bertz CT molecular complexity index is 554. The maximum atomic E-state index is 11.2. The van der Waals surface area contributed by atoms with E-state index >= 15 is 0 Å². The van der Waals surface area contributed by atoms with E-state index < -0.39 is 15.6 Å². The quantitative estimate of drug-likeness (QED) is 0.881. The molecule has 5 heteroatoms. The molecule has 0 amide bonds. The van der Waals surface area contributed by atoms with Gasteiger partial charge in [0.2, 0.25) is 10.0 Å². The molecule has 18 heavy (non-hydrogen) atoms. The van der Waals surface area contributed by atoms with Crippen LogP contribution in [-0.2, 0) is 15.6 Å². The Morgan fingerprint density at radius 1 is 1.33 bits per heavy atom. The van der Waals surface area contributed by atoms with Crippen LogP contribution in [0.1, 0.15) is 31.9 Å². The smallest absolute Gasteiger partial charge is 0.229 e. The molecule has 0 aromatic heterocycles. The van der Waals surface area contributed by atoms with Crippen molar-refractivity contribution >= 4 is 21.8 Å². The molecule has 0 aliphatic heterocycles. The molecule has 0 bridgehead atoms. The van der Waals surface area contributed by atoms with Crippen LogP contribution in [0, 0.1) is 0 Å². The third-order valence-electron chi connectivity index (χ3n) is 2.36. The lowest BCUT2D eigenvalue weighted by Gasteiger charge is -2.21. The predicted octanol–water partition coefficient (Wildman–Crippen LogP) is 2.32. The summed E-state index contributed by atoms with van der Waals surface area (Å²) in [5.41, 5.74) is 0.950. The Morgan fingerprint density at radius 2 is 1.94 bits per heavy atom. The maximum Gasteiger partial charge on any atom is 0.229 e. The molecule has 0 fully saturated rings. The Kier molecular flexibility index (Phi) is 4.19. The highest BCUT2D eigenvalue weighted by Crippen LogP contribution is 2.28. The minimum Gasteiger partial charge on any atom is -0.386 e. The summed E-state index contributed by atoms with van der Waals surface area (Å²) >= 11 is 0. The van der Waals surface area contributed by atoms with Gasteiger partial charge in [-0.05, 0) is 44.0 Å². The van der Waals surface area contributed by atoms with Gasteiger partial charge in [0.15, 0.2) is 0 Å². The van der Waals surface area contributed by atoms with Crippen LogP contribution in [0.25, 0.3) is 6.08 Å².